The van der Waals surface area contributed by atoms with E-state index < -0.39 is 5.97 Å². The van der Waals surface area contributed by atoms with E-state index in [0.29, 0.717) is 17.2 Å². The van der Waals surface area contributed by atoms with Gasteiger partial charge in [0.25, 0.3) is 0 Å². The molecular formula is C16H15ClO4. The van der Waals surface area contributed by atoms with Gasteiger partial charge in [0.05, 0.1) is 17.7 Å². The van der Waals surface area contributed by atoms with E-state index in [4.69, 9.17) is 26.2 Å². The van der Waals surface area contributed by atoms with E-state index in [9.17, 15) is 4.79 Å². The zero-order valence-electron chi connectivity index (χ0n) is 11.7. The predicted molar refractivity (Wildman–Crippen MR) is 80.9 cm³/mol. The number of ether oxygens (including phenoxy) is 2. The average Bonchev–Trinajstić information content (AvgIpc) is 2.47. The third kappa shape index (κ3) is 3.47. The first-order chi connectivity index (χ1) is 10.0. The first-order valence-corrected chi connectivity index (χ1v) is 6.80. The Hall–Kier alpha value is -2.20. The number of carboxylic acids is 1. The van der Waals surface area contributed by atoms with Crippen LogP contribution in [0.25, 0.3) is 0 Å². The SMILES string of the molecule is CCc1ccc(Oc2ccc(C(=O)O)c(Cl)c2)c(OC)c1. The number of hydrogen-bond acceptors (Lipinski definition) is 3. The van der Waals surface area contributed by atoms with Crippen molar-refractivity contribution in [3.8, 4) is 17.2 Å². The molecule has 0 fully saturated rings. The normalized spacial score (nSPS) is 10.2. The summed E-state index contributed by atoms with van der Waals surface area (Å²) in [6, 6.07) is 10.1. The smallest absolute Gasteiger partial charge is 0.337 e. The van der Waals surface area contributed by atoms with Crippen LogP contribution in [0.1, 0.15) is 22.8 Å². The molecule has 110 valence electrons. The number of aryl methyl sites for hydroxylation is 1. The quantitative estimate of drug-likeness (QED) is 0.889. The van der Waals surface area contributed by atoms with Gasteiger partial charge in [-0.1, -0.05) is 24.6 Å². The molecule has 0 amide bonds. The second-order valence-electron chi connectivity index (χ2n) is 4.39. The summed E-state index contributed by atoms with van der Waals surface area (Å²) in [4.78, 5) is 10.9. The highest BCUT2D eigenvalue weighted by atomic mass is 35.5. The van der Waals surface area contributed by atoms with E-state index in [1.165, 1.54) is 12.1 Å². The molecule has 0 bridgehead atoms. The third-order valence-electron chi connectivity index (χ3n) is 3.04. The van der Waals surface area contributed by atoms with Gasteiger partial charge in [0, 0.05) is 6.07 Å². The number of halogens is 1. The minimum absolute atomic E-state index is 0.0392. The Morgan fingerprint density at radius 2 is 1.95 bits per heavy atom. The van der Waals surface area contributed by atoms with Gasteiger partial charge in [-0.2, -0.15) is 0 Å². The zero-order chi connectivity index (χ0) is 15.4. The maximum absolute atomic E-state index is 10.9. The van der Waals surface area contributed by atoms with E-state index in [1.54, 1.807) is 13.2 Å². The molecule has 0 spiro atoms. The van der Waals surface area contributed by atoms with E-state index in [0.717, 1.165) is 12.0 Å². The lowest BCUT2D eigenvalue weighted by molar-refractivity contribution is 0.0697. The van der Waals surface area contributed by atoms with Crippen molar-refractivity contribution in [3.63, 3.8) is 0 Å². The Morgan fingerprint density at radius 3 is 2.52 bits per heavy atom. The molecule has 0 atom stereocenters. The summed E-state index contributed by atoms with van der Waals surface area (Å²) in [5.74, 6) is 0.547. The van der Waals surface area contributed by atoms with Crippen LogP contribution in [0.15, 0.2) is 36.4 Å². The van der Waals surface area contributed by atoms with Gasteiger partial charge in [-0.05, 0) is 36.2 Å². The first-order valence-electron chi connectivity index (χ1n) is 6.42. The summed E-state index contributed by atoms with van der Waals surface area (Å²) < 4.78 is 11.0. The fraction of sp³-hybridized carbons (Fsp3) is 0.188. The average molecular weight is 307 g/mol. The molecule has 0 saturated carbocycles. The molecule has 0 aromatic heterocycles. The number of carboxylic acid groups (broad SMARTS) is 1. The van der Waals surface area contributed by atoms with E-state index in [2.05, 4.69) is 6.92 Å². The number of hydrogen-bond donors (Lipinski definition) is 1. The highest BCUT2D eigenvalue weighted by Gasteiger charge is 2.11. The lowest BCUT2D eigenvalue weighted by Crippen LogP contribution is -1.97. The number of aromatic carboxylic acids is 1. The summed E-state index contributed by atoms with van der Waals surface area (Å²) in [5, 5.41) is 9.07. The minimum Gasteiger partial charge on any atom is -0.493 e. The highest BCUT2D eigenvalue weighted by Crippen LogP contribution is 2.34. The van der Waals surface area contributed by atoms with Crippen LogP contribution < -0.4 is 9.47 Å². The van der Waals surface area contributed by atoms with Crippen molar-refractivity contribution in [1.82, 2.24) is 0 Å². The molecule has 5 heteroatoms. The van der Waals surface area contributed by atoms with Gasteiger partial charge < -0.3 is 14.6 Å². The lowest BCUT2D eigenvalue weighted by atomic mass is 10.1. The molecule has 0 unspecified atom stereocenters. The van der Waals surface area contributed by atoms with Crippen molar-refractivity contribution in [1.29, 1.82) is 0 Å². The Bertz CT molecular complexity index is 667. The molecule has 21 heavy (non-hydrogen) atoms. The van der Waals surface area contributed by atoms with Crippen molar-refractivity contribution in [3.05, 3.63) is 52.5 Å². The third-order valence-corrected chi connectivity index (χ3v) is 3.35. The number of benzene rings is 2. The van der Waals surface area contributed by atoms with Gasteiger partial charge in [0.2, 0.25) is 0 Å². The van der Waals surface area contributed by atoms with Gasteiger partial charge in [-0.3, -0.25) is 0 Å². The van der Waals surface area contributed by atoms with Crippen LogP contribution in [-0.4, -0.2) is 18.2 Å². The van der Waals surface area contributed by atoms with Crippen molar-refractivity contribution in [2.45, 2.75) is 13.3 Å². The molecular weight excluding hydrogens is 292 g/mol. The first kappa shape index (κ1) is 15.2. The lowest BCUT2D eigenvalue weighted by Gasteiger charge is -2.12. The molecule has 0 aliphatic carbocycles. The van der Waals surface area contributed by atoms with Gasteiger partial charge in [-0.15, -0.1) is 0 Å². The van der Waals surface area contributed by atoms with Crippen molar-refractivity contribution in [2.24, 2.45) is 0 Å². The molecule has 0 saturated heterocycles. The molecule has 0 heterocycles. The van der Waals surface area contributed by atoms with Crippen LogP contribution in [0.5, 0.6) is 17.2 Å². The van der Waals surface area contributed by atoms with Crippen LogP contribution >= 0.6 is 11.6 Å². The minimum atomic E-state index is -1.07. The van der Waals surface area contributed by atoms with Gasteiger partial charge in [0.15, 0.2) is 11.5 Å². The van der Waals surface area contributed by atoms with Crippen molar-refractivity contribution in [2.75, 3.05) is 7.11 Å². The summed E-state index contributed by atoms with van der Waals surface area (Å²) in [6.07, 6.45) is 0.899. The summed E-state index contributed by atoms with van der Waals surface area (Å²) >= 11 is 5.92. The van der Waals surface area contributed by atoms with E-state index >= 15 is 0 Å². The molecule has 2 aromatic rings. The van der Waals surface area contributed by atoms with Crippen LogP contribution in [0.2, 0.25) is 5.02 Å². The second kappa shape index (κ2) is 6.50. The fourth-order valence-corrected chi connectivity index (χ4v) is 2.13. The number of methoxy groups -OCH3 is 1. The fourth-order valence-electron chi connectivity index (χ4n) is 1.88. The summed E-state index contributed by atoms with van der Waals surface area (Å²) in [5.41, 5.74) is 1.18. The van der Waals surface area contributed by atoms with Crippen molar-refractivity contribution >= 4 is 17.6 Å². The van der Waals surface area contributed by atoms with Crippen LogP contribution in [0.4, 0.5) is 0 Å². The number of carbonyl (C=O) groups is 1. The monoisotopic (exact) mass is 306 g/mol. The maximum atomic E-state index is 10.9. The molecule has 1 N–H and O–H groups in total. The maximum Gasteiger partial charge on any atom is 0.337 e. The second-order valence-corrected chi connectivity index (χ2v) is 4.79. The van der Waals surface area contributed by atoms with Gasteiger partial charge in [0.1, 0.15) is 5.75 Å². The Balaban J connectivity index is 2.30. The zero-order valence-corrected chi connectivity index (χ0v) is 12.5. The van der Waals surface area contributed by atoms with E-state index in [-0.39, 0.29) is 10.6 Å². The summed E-state index contributed by atoms with van der Waals surface area (Å²) in [7, 11) is 1.57. The van der Waals surface area contributed by atoms with Crippen molar-refractivity contribution < 1.29 is 19.4 Å². The standard InChI is InChI=1S/C16H15ClO4/c1-3-10-4-7-14(15(8-10)20-2)21-11-5-6-12(16(18)19)13(17)9-11/h4-9H,3H2,1-2H3,(H,18,19). The van der Waals surface area contributed by atoms with Crippen LogP contribution in [-0.2, 0) is 6.42 Å². The topological polar surface area (TPSA) is 55.8 Å². The van der Waals surface area contributed by atoms with Crippen LogP contribution in [0, 0.1) is 0 Å². The van der Waals surface area contributed by atoms with Crippen LogP contribution in [0.3, 0.4) is 0 Å². The molecule has 4 nitrogen and oxygen atoms in total. The Kier molecular flexibility index (Phi) is 4.70. The number of rotatable bonds is 5. The molecule has 0 aliphatic heterocycles. The molecule has 2 aromatic carbocycles. The summed E-state index contributed by atoms with van der Waals surface area (Å²) in [6.45, 7) is 2.06. The van der Waals surface area contributed by atoms with E-state index in [1.807, 2.05) is 18.2 Å². The largest absolute Gasteiger partial charge is 0.493 e. The van der Waals surface area contributed by atoms with Gasteiger partial charge in [-0.25, -0.2) is 4.79 Å². The molecule has 2 rings (SSSR count). The molecule has 0 aliphatic rings. The Labute approximate surface area is 127 Å². The Morgan fingerprint density at radius 1 is 1.19 bits per heavy atom. The van der Waals surface area contributed by atoms with Gasteiger partial charge >= 0.3 is 5.97 Å². The predicted octanol–water partition coefficient (Wildman–Crippen LogP) is 4.40. The molecule has 0 radical (unpaired) electrons. The highest BCUT2D eigenvalue weighted by molar-refractivity contribution is 6.33.